The molecule has 31 heavy (non-hydrogen) atoms. The van der Waals surface area contributed by atoms with Crippen molar-refractivity contribution in [2.24, 2.45) is 0 Å². The highest BCUT2D eigenvalue weighted by molar-refractivity contribution is 7.98. The topological polar surface area (TPSA) is 49.4 Å². The molecule has 1 atom stereocenters. The van der Waals surface area contributed by atoms with Crippen LogP contribution in [0.4, 0.5) is 0 Å². The van der Waals surface area contributed by atoms with Crippen LogP contribution >= 0.6 is 35.0 Å². The first-order valence-corrected chi connectivity index (χ1v) is 12.0. The molecule has 3 aromatic carbocycles. The van der Waals surface area contributed by atoms with Crippen molar-refractivity contribution in [3.05, 3.63) is 81.8 Å². The first-order chi connectivity index (χ1) is 14.9. The lowest BCUT2D eigenvalue weighted by Crippen LogP contribution is -2.47. The lowest BCUT2D eigenvalue weighted by molar-refractivity contribution is -0.132. The predicted octanol–water partition coefficient (Wildman–Crippen LogP) is 5.66. The molecule has 7 heteroatoms. The second kappa shape index (κ2) is 10.9. The lowest BCUT2D eigenvalue weighted by atomic mass is 10.0. The van der Waals surface area contributed by atoms with Crippen LogP contribution in [0.25, 0.3) is 10.8 Å². The Kier molecular flexibility index (Phi) is 8.24. The van der Waals surface area contributed by atoms with E-state index in [0.717, 1.165) is 22.1 Å². The number of hydrogen-bond donors (Lipinski definition) is 1. The molecule has 2 amide bonds. The maximum absolute atomic E-state index is 13.2. The van der Waals surface area contributed by atoms with Crippen molar-refractivity contribution in [1.29, 1.82) is 0 Å². The molecule has 0 aliphatic carbocycles. The Bertz CT molecular complexity index is 1080. The molecule has 0 saturated carbocycles. The Labute approximate surface area is 196 Å². The average Bonchev–Trinajstić information content (AvgIpc) is 2.76. The zero-order valence-electron chi connectivity index (χ0n) is 17.4. The van der Waals surface area contributed by atoms with Gasteiger partial charge in [0.15, 0.2) is 0 Å². The third-order valence-electron chi connectivity index (χ3n) is 5.05. The number of amides is 2. The molecule has 0 spiro atoms. The third kappa shape index (κ3) is 5.94. The normalized spacial score (nSPS) is 11.9. The van der Waals surface area contributed by atoms with Crippen molar-refractivity contribution in [1.82, 2.24) is 10.2 Å². The van der Waals surface area contributed by atoms with Gasteiger partial charge in [-0.05, 0) is 53.0 Å². The molecule has 0 saturated heterocycles. The minimum absolute atomic E-state index is 0.138. The van der Waals surface area contributed by atoms with E-state index in [-0.39, 0.29) is 16.8 Å². The van der Waals surface area contributed by atoms with Gasteiger partial charge >= 0.3 is 0 Å². The number of benzene rings is 3. The van der Waals surface area contributed by atoms with Crippen LogP contribution < -0.4 is 5.32 Å². The molecule has 0 bridgehead atoms. The van der Waals surface area contributed by atoms with E-state index in [1.54, 1.807) is 35.8 Å². The van der Waals surface area contributed by atoms with Gasteiger partial charge in [0.25, 0.3) is 5.91 Å². The fourth-order valence-corrected chi connectivity index (χ4v) is 4.40. The quantitative estimate of drug-likeness (QED) is 0.458. The molecule has 4 nitrogen and oxygen atoms in total. The Morgan fingerprint density at radius 2 is 1.81 bits per heavy atom. The summed E-state index contributed by atoms with van der Waals surface area (Å²) in [5.41, 5.74) is 1.36. The standard InChI is InChI=1S/C24H24Cl2N2O2S/c1-28(15-17-8-5-7-16-6-3-4-9-19(16)17)24(30)22(12-13-31-2)27-23(29)20-11-10-18(25)14-21(20)26/h3-11,14,22H,12-13,15H2,1-2H3,(H,27,29). The van der Waals surface area contributed by atoms with E-state index < -0.39 is 6.04 Å². The molecule has 1 unspecified atom stereocenters. The van der Waals surface area contributed by atoms with E-state index in [1.807, 2.05) is 30.5 Å². The number of hydrogen-bond acceptors (Lipinski definition) is 3. The summed E-state index contributed by atoms with van der Waals surface area (Å²) < 4.78 is 0. The summed E-state index contributed by atoms with van der Waals surface area (Å²) in [6, 6.07) is 18.2. The summed E-state index contributed by atoms with van der Waals surface area (Å²) >= 11 is 13.7. The van der Waals surface area contributed by atoms with Gasteiger partial charge in [-0.2, -0.15) is 11.8 Å². The van der Waals surface area contributed by atoms with Gasteiger partial charge in [-0.1, -0.05) is 65.7 Å². The highest BCUT2D eigenvalue weighted by Gasteiger charge is 2.25. The highest BCUT2D eigenvalue weighted by Crippen LogP contribution is 2.22. The average molecular weight is 475 g/mol. The smallest absolute Gasteiger partial charge is 0.253 e. The van der Waals surface area contributed by atoms with Crippen molar-refractivity contribution in [2.75, 3.05) is 19.1 Å². The van der Waals surface area contributed by atoms with E-state index in [2.05, 4.69) is 23.5 Å². The van der Waals surface area contributed by atoms with Crippen LogP contribution in [0.5, 0.6) is 0 Å². The third-order valence-corrected chi connectivity index (χ3v) is 6.25. The van der Waals surface area contributed by atoms with Gasteiger partial charge in [0.1, 0.15) is 6.04 Å². The Hall–Kier alpha value is -2.21. The zero-order chi connectivity index (χ0) is 22.4. The number of fused-ring (bicyclic) bond motifs is 1. The molecular formula is C24H24Cl2N2O2S. The van der Waals surface area contributed by atoms with Crippen molar-refractivity contribution in [3.8, 4) is 0 Å². The Balaban J connectivity index is 1.77. The molecular weight excluding hydrogens is 451 g/mol. The van der Waals surface area contributed by atoms with Crippen molar-refractivity contribution in [2.45, 2.75) is 19.0 Å². The number of carbonyl (C=O) groups is 2. The van der Waals surface area contributed by atoms with Gasteiger partial charge in [0, 0.05) is 18.6 Å². The summed E-state index contributed by atoms with van der Waals surface area (Å²) in [6.07, 6.45) is 2.50. The number of likely N-dealkylation sites (N-methyl/N-ethyl adjacent to an activating group) is 1. The molecule has 0 aliphatic rings. The molecule has 0 heterocycles. The van der Waals surface area contributed by atoms with Crippen LogP contribution in [-0.2, 0) is 11.3 Å². The van der Waals surface area contributed by atoms with Gasteiger partial charge in [-0.15, -0.1) is 0 Å². The number of halogens is 2. The Morgan fingerprint density at radius 1 is 1.06 bits per heavy atom. The fraction of sp³-hybridized carbons (Fsp3) is 0.250. The van der Waals surface area contributed by atoms with E-state index in [1.165, 1.54) is 6.07 Å². The van der Waals surface area contributed by atoms with Gasteiger partial charge in [-0.3, -0.25) is 9.59 Å². The molecule has 3 aromatic rings. The largest absolute Gasteiger partial charge is 0.340 e. The van der Waals surface area contributed by atoms with Crippen molar-refractivity contribution < 1.29 is 9.59 Å². The summed E-state index contributed by atoms with van der Waals surface area (Å²) in [6.45, 7) is 0.452. The number of thioether (sulfide) groups is 1. The molecule has 1 N–H and O–H groups in total. The van der Waals surface area contributed by atoms with Crippen molar-refractivity contribution >= 4 is 57.6 Å². The van der Waals surface area contributed by atoms with E-state index in [4.69, 9.17) is 23.2 Å². The number of carbonyl (C=O) groups excluding carboxylic acids is 2. The summed E-state index contributed by atoms with van der Waals surface area (Å²) in [5, 5.41) is 5.81. The number of rotatable bonds is 8. The Morgan fingerprint density at radius 3 is 2.55 bits per heavy atom. The molecule has 162 valence electrons. The highest BCUT2D eigenvalue weighted by atomic mass is 35.5. The zero-order valence-corrected chi connectivity index (χ0v) is 19.7. The maximum Gasteiger partial charge on any atom is 0.253 e. The van der Waals surface area contributed by atoms with Gasteiger partial charge in [0.2, 0.25) is 5.91 Å². The molecule has 3 rings (SSSR count). The molecule has 0 aliphatic heterocycles. The first kappa shape index (κ1) is 23.5. The van der Waals surface area contributed by atoms with Crippen LogP contribution in [0, 0.1) is 0 Å². The minimum atomic E-state index is -0.647. The second-order valence-electron chi connectivity index (χ2n) is 7.26. The van der Waals surface area contributed by atoms with Gasteiger partial charge in [-0.25, -0.2) is 0 Å². The van der Waals surface area contributed by atoms with Crippen LogP contribution in [0.2, 0.25) is 10.0 Å². The molecule has 0 fully saturated rings. The van der Waals surface area contributed by atoms with Crippen LogP contribution in [0.15, 0.2) is 60.7 Å². The van der Waals surface area contributed by atoms with Gasteiger partial charge in [0.05, 0.1) is 10.6 Å². The van der Waals surface area contributed by atoms with E-state index in [0.29, 0.717) is 23.6 Å². The first-order valence-electron chi connectivity index (χ1n) is 9.87. The van der Waals surface area contributed by atoms with E-state index >= 15 is 0 Å². The summed E-state index contributed by atoms with van der Waals surface area (Å²) in [5.74, 6) is 0.216. The number of nitrogens with one attached hydrogen (secondary N) is 1. The van der Waals surface area contributed by atoms with Gasteiger partial charge < -0.3 is 10.2 Å². The molecule has 0 aromatic heterocycles. The number of nitrogens with zero attached hydrogens (tertiary/aromatic N) is 1. The maximum atomic E-state index is 13.2. The van der Waals surface area contributed by atoms with Crippen molar-refractivity contribution in [3.63, 3.8) is 0 Å². The second-order valence-corrected chi connectivity index (χ2v) is 9.09. The predicted molar refractivity (Wildman–Crippen MR) is 131 cm³/mol. The fourth-order valence-electron chi connectivity index (χ4n) is 3.43. The lowest BCUT2D eigenvalue weighted by Gasteiger charge is -2.25. The molecule has 0 radical (unpaired) electrons. The minimum Gasteiger partial charge on any atom is -0.340 e. The van der Waals surface area contributed by atoms with E-state index in [9.17, 15) is 9.59 Å². The van der Waals surface area contributed by atoms with Crippen LogP contribution in [0.1, 0.15) is 22.3 Å². The van der Waals surface area contributed by atoms with Crippen LogP contribution in [0.3, 0.4) is 0 Å². The van der Waals surface area contributed by atoms with Crippen LogP contribution in [-0.4, -0.2) is 41.8 Å². The SMILES string of the molecule is CSCCC(NC(=O)c1ccc(Cl)cc1Cl)C(=O)N(C)Cc1cccc2ccccc12. The monoisotopic (exact) mass is 474 g/mol. The summed E-state index contributed by atoms with van der Waals surface area (Å²) in [4.78, 5) is 27.7. The summed E-state index contributed by atoms with van der Waals surface area (Å²) in [7, 11) is 1.76.